The molecule has 0 bridgehead atoms. The Kier molecular flexibility index (Phi) is 2.23. The van der Waals surface area contributed by atoms with E-state index in [1.54, 1.807) is 6.92 Å². The van der Waals surface area contributed by atoms with Crippen molar-refractivity contribution in [3.63, 3.8) is 0 Å². The normalized spacial score (nSPS) is 15.7. The number of Topliss-reactive ketones (excluding diaryl/α,β-unsaturated/α-hetero) is 1. The summed E-state index contributed by atoms with van der Waals surface area (Å²) in [7, 11) is 0. The second-order valence-corrected chi connectivity index (χ2v) is 3.47. The van der Waals surface area contributed by atoms with Gasteiger partial charge in [-0.3, -0.25) is 4.79 Å². The van der Waals surface area contributed by atoms with Gasteiger partial charge in [-0.05, 0) is 31.0 Å². The van der Waals surface area contributed by atoms with Crippen LogP contribution in [-0.4, -0.2) is 12.4 Å². The fourth-order valence-electron chi connectivity index (χ4n) is 1.67. The molecule has 1 aliphatic heterocycles. The molecule has 0 fully saturated rings. The number of benzene rings is 1. The number of carbonyl (C=O) groups is 1. The first-order valence-corrected chi connectivity index (χ1v) is 4.64. The standard InChI is InChI=1S/C11H11FO2/c1-7-5-8(12)6-9-10(13)3-2-4-14-11(7)9/h5-6H,2-4H2,1H3. The largest absolute Gasteiger partial charge is 0.493 e. The fourth-order valence-corrected chi connectivity index (χ4v) is 1.67. The highest BCUT2D eigenvalue weighted by atomic mass is 19.1. The monoisotopic (exact) mass is 194 g/mol. The molecule has 2 rings (SSSR count). The van der Waals surface area contributed by atoms with Gasteiger partial charge in [-0.15, -0.1) is 0 Å². The van der Waals surface area contributed by atoms with Gasteiger partial charge in [-0.1, -0.05) is 0 Å². The number of ether oxygens (including phenoxy) is 1. The average molecular weight is 194 g/mol. The Balaban J connectivity index is 2.58. The minimum absolute atomic E-state index is 0.0277. The van der Waals surface area contributed by atoms with Crippen LogP contribution >= 0.6 is 0 Å². The third kappa shape index (κ3) is 1.50. The number of hydrogen-bond acceptors (Lipinski definition) is 2. The molecule has 0 aliphatic carbocycles. The highest BCUT2D eigenvalue weighted by molar-refractivity contribution is 5.99. The van der Waals surface area contributed by atoms with E-state index in [4.69, 9.17) is 4.74 Å². The van der Waals surface area contributed by atoms with Crippen molar-refractivity contribution in [2.75, 3.05) is 6.61 Å². The van der Waals surface area contributed by atoms with Gasteiger partial charge in [0.1, 0.15) is 11.6 Å². The molecule has 1 heterocycles. The Hall–Kier alpha value is -1.38. The minimum atomic E-state index is -0.375. The predicted octanol–water partition coefficient (Wildman–Crippen LogP) is 2.49. The quantitative estimate of drug-likeness (QED) is 0.634. The number of aryl methyl sites for hydroxylation is 1. The topological polar surface area (TPSA) is 26.3 Å². The number of rotatable bonds is 0. The molecule has 0 aromatic heterocycles. The number of halogens is 1. The third-order valence-electron chi connectivity index (χ3n) is 2.33. The Morgan fingerprint density at radius 1 is 1.43 bits per heavy atom. The molecule has 1 aliphatic rings. The zero-order chi connectivity index (χ0) is 10.1. The van der Waals surface area contributed by atoms with Crippen LogP contribution in [0.15, 0.2) is 12.1 Å². The van der Waals surface area contributed by atoms with E-state index in [0.717, 1.165) is 0 Å². The first-order valence-electron chi connectivity index (χ1n) is 4.64. The van der Waals surface area contributed by atoms with Crippen LogP contribution in [0.1, 0.15) is 28.8 Å². The number of carbonyl (C=O) groups excluding carboxylic acids is 1. The summed E-state index contributed by atoms with van der Waals surface area (Å²) < 4.78 is 18.5. The van der Waals surface area contributed by atoms with Gasteiger partial charge in [-0.25, -0.2) is 4.39 Å². The Morgan fingerprint density at radius 3 is 3.00 bits per heavy atom. The molecule has 1 aromatic carbocycles. The van der Waals surface area contributed by atoms with Gasteiger partial charge in [-0.2, -0.15) is 0 Å². The predicted molar refractivity (Wildman–Crippen MR) is 50.2 cm³/mol. The van der Waals surface area contributed by atoms with Gasteiger partial charge < -0.3 is 4.74 Å². The zero-order valence-corrected chi connectivity index (χ0v) is 7.97. The van der Waals surface area contributed by atoms with Crippen molar-refractivity contribution >= 4 is 5.78 Å². The lowest BCUT2D eigenvalue weighted by atomic mass is 10.0. The summed E-state index contributed by atoms with van der Waals surface area (Å²) in [5.41, 5.74) is 1.08. The zero-order valence-electron chi connectivity index (χ0n) is 7.97. The Bertz CT molecular complexity index is 385. The van der Waals surface area contributed by atoms with E-state index in [0.29, 0.717) is 36.3 Å². The maximum Gasteiger partial charge on any atom is 0.166 e. The van der Waals surface area contributed by atoms with E-state index in [-0.39, 0.29) is 11.6 Å². The highest BCUT2D eigenvalue weighted by Gasteiger charge is 2.19. The first-order chi connectivity index (χ1) is 6.68. The van der Waals surface area contributed by atoms with Crippen molar-refractivity contribution in [1.82, 2.24) is 0 Å². The molecular formula is C11H11FO2. The molecule has 3 heteroatoms. The SMILES string of the molecule is Cc1cc(F)cc2c1OCCCC2=O. The molecule has 0 radical (unpaired) electrons. The van der Waals surface area contributed by atoms with Gasteiger partial charge >= 0.3 is 0 Å². The molecule has 1 aromatic rings. The number of fused-ring (bicyclic) bond motifs is 1. The molecular weight excluding hydrogens is 183 g/mol. The van der Waals surface area contributed by atoms with E-state index in [2.05, 4.69) is 0 Å². The van der Waals surface area contributed by atoms with Gasteiger partial charge in [0.05, 0.1) is 12.2 Å². The molecule has 0 saturated carbocycles. The molecule has 0 N–H and O–H groups in total. The van der Waals surface area contributed by atoms with Crippen molar-refractivity contribution in [1.29, 1.82) is 0 Å². The van der Waals surface area contributed by atoms with Crippen molar-refractivity contribution < 1.29 is 13.9 Å². The van der Waals surface area contributed by atoms with Crippen LogP contribution in [0.4, 0.5) is 4.39 Å². The summed E-state index contributed by atoms with van der Waals surface area (Å²) in [6.07, 6.45) is 1.14. The van der Waals surface area contributed by atoms with E-state index in [9.17, 15) is 9.18 Å². The van der Waals surface area contributed by atoms with E-state index >= 15 is 0 Å². The van der Waals surface area contributed by atoms with E-state index < -0.39 is 0 Å². The second-order valence-electron chi connectivity index (χ2n) is 3.47. The highest BCUT2D eigenvalue weighted by Crippen LogP contribution is 2.28. The summed E-state index contributed by atoms with van der Waals surface area (Å²) in [5, 5.41) is 0. The van der Waals surface area contributed by atoms with Crippen molar-refractivity contribution in [3.05, 3.63) is 29.1 Å². The first kappa shape index (κ1) is 9.19. The molecule has 0 amide bonds. The maximum atomic E-state index is 13.1. The van der Waals surface area contributed by atoms with E-state index in [1.165, 1.54) is 12.1 Å². The Labute approximate surface area is 81.7 Å². The van der Waals surface area contributed by atoms with Crippen LogP contribution in [0.3, 0.4) is 0 Å². The van der Waals surface area contributed by atoms with Crippen LogP contribution in [0.5, 0.6) is 5.75 Å². The Morgan fingerprint density at radius 2 is 2.21 bits per heavy atom. The lowest BCUT2D eigenvalue weighted by Crippen LogP contribution is -2.00. The van der Waals surface area contributed by atoms with Gasteiger partial charge in [0, 0.05) is 6.42 Å². The molecule has 74 valence electrons. The smallest absolute Gasteiger partial charge is 0.166 e. The summed E-state index contributed by atoms with van der Waals surface area (Å²) in [6.45, 7) is 2.28. The van der Waals surface area contributed by atoms with Crippen LogP contribution in [0, 0.1) is 12.7 Å². The lowest BCUT2D eigenvalue weighted by Gasteiger charge is -2.09. The van der Waals surface area contributed by atoms with Gasteiger partial charge in [0.25, 0.3) is 0 Å². The molecule has 2 nitrogen and oxygen atoms in total. The van der Waals surface area contributed by atoms with Gasteiger partial charge in [0.15, 0.2) is 5.78 Å². The lowest BCUT2D eigenvalue weighted by molar-refractivity contribution is 0.0982. The molecule has 14 heavy (non-hydrogen) atoms. The molecule has 0 saturated heterocycles. The second kappa shape index (κ2) is 3.40. The van der Waals surface area contributed by atoms with Crippen LogP contribution in [-0.2, 0) is 0 Å². The van der Waals surface area contributed by atoms with Crippen molar-refractivity contribution in [2.45, 2.75) is 19.8 Å². The van der Waals surface area contributed by atoms with E-state index in [1.807, 2.05) is 0 Å². The summed E-state index contributed by atoms with van der Waals surface area (Å²) >= 11 is 0. The molecule has 0 spiro atoms. The minimum Gasteiger partial charge on any atom is -0.493 e. The molecule has 0 atom stereocenters. The summed E-state index contributed by atoms with van der Waals surface area (Å²) in [5.74, 6) is 0.147. The summed E-state index contributed by atoms with van der Waals surface area (Å²) in [4.78, 5) is 11.6. The maximum absolute atomic E-state index is 13.1. The van der Waals surface area contributed by atoms with Crippen molar-refractivity contribution in [3.8, 4) is 5.75 Å². The number of hydrogen-bond donors (Lipinski definition) is 0. The van der Waals surface area contributed by atoms with Crippen molar-refractivity contribution in [2.24, 2.45) is 0 Å². The average Bonchev–Trinajstić information content (AvgIpc) is 2.29. The third-order valence-corrected chi connectivity index (χ3v) is 2.33. The van der Waals surface area contributed by atoms with Crippen LogP contribution in [0.25, 0.3) is 0 Å². The molecule has 0 unspecified atom stereocenters. The summed E-state index contributed by atoms with van der Waals surface area (Å²) in [6, 6.07) is 2.65. The number of ketones is 1. The van der Waals surface area contributed by atoms with Crippen LogP contribution in [0.2, 0.25) is 0 Å². The van der Waals surface area contributed by atoms with Gasteiger partial charge in [0.2, 0.25) is 0 Å². The van der Waals surface area contributed by atoms with Crippen LogP contribution < -0.4 is 4.74 Å². The fraction of sp³-hybridized carbons (Fsp3) is 0.364.